The van der Waals surface area contributed by atoms with Crippen LogP contribution in [-0.2, 0) is 0 Å². The molecule has 140 valence electrons. The SMILES string of the molecule is CC(=O)c1c(C)nc(-c2ccccc2)nc1-c1ccc([N+](=O)[O-])cc1[N+](=O)[O-]. The number of carbonyl (C=O) groups excluding carboxylic acids is 1. The molecule has 0 unspecified atom stereocenters. The van der Waals surface area contributed by atoms with E-state index in [1.807, 2.05) is 6.07 Å². The molecule has 0 atom stereocenters. The van der Waals surface area contributed by atoms with E-state index in [1.165, 1.54) is 13.0 Å². The van der Waals surface area contributed by atoms with E-state index in [0.717, 1.165) is 12.1 Å². The number of carbonyl (C=O) groups is 1. The van der Waals surface area contributed by atoms with E-state index in [9.17, 15) is 25.0 Å². The molecule has 3 aromatic rings. The molecule has 0 saturated carbocycles. The number of rotatable bonds is 5. The highest BCUT2D eigenvalue weighted by molar-refractivity contribution is 6.02. The lowest BCUT2D eigenvalue weighted by Gasteiger charge is -2.12. The maximum absolute atomic E-state index is 12.2. The number of nitrogens with zero attached hydrogens (tertiary/aromatic N) is 4. The number of hydrogen-bond acceptors (Lipinski definition) is 7. The minimum atomic E-state index is -0.730. The molecule has 0 saturated heterocycles. The molecule has 0 N–H and O–H groups in total. The molecule has 9 nitrogen and oxygen atoms in total. The summed E-state index contributed by atoms with van der Waals surface area (Å²) in [6, 6.07) is 12.2. The van der Waals surface area contributed by atoms with Crippen LogP contribution in [0.2, 0.25) is 0 Å². The summed E-state index contributed by atoms with van der Waals surface area (Å²) in [5.74, 6) is -0.0643. The van der Waals surface area contributed by atoms with Gasteiger partial charge in [0.15, 0.2) is 11.6 Å². The van der Waals surface area contributed by atoms with Crippen molar-refractivity contribution in [3.8, 4) is 22.6 Å². The summed E-state index contributed by atoms with van der Waals surface area (Å²) in [6.45, 7) is 2.93. The van der Waals surface area contributed by atoms with Gasteiger partial charge >= 0.3 is 0 Å². The van der Waals surface area contributed by atoms with E-state index in [2.05, 4.69) is 9.97 Å². The van der Waals surface area contributed by atoms with Crippen molar-refractivity contribution in [3.63, 3.8) is 0 Å². The quantitative estimate of drug-likeness (QED) is 0.370. The highest BCUT2D eigenvalue weighted by atomic mass is 16.6. The number of aryl methyl sites for hydroxylation is 1. The summed E-state index contributed by atoms with van der Waals surface area (Å²) in [5, 5.41) is 22.5. The Morgan fingerprint density at radius 3 is 2.21 bits per heavy atom. The molecule has 0 amide bonds. The topological polar surface area (TPSA) is 129 Å². The second-order valence-corrected chi connectivity index (χ2v) is 5.99. The maximum Gasteiger partial charge on any atom is 0.285 e. The van der Waals surface area contributed by atoms with Crippen molar-refractivity contribution in [2.45, 2.75) is 13.8 Å². The maximum atomic E-state index is 12.2. The van der Waals surface area contributed by atoms with Crippen LogP contribution in [-0.4, -0.2) is 25.6 Å². The number of non-ortho nitro benzene ring substituents is 1. The molecule has 0 fully saturated rings. The summed E-state index contributed by atoms with van der Waals surface area (Å²) in [5.41, 5.74) is 0.332. The van der Waals surface area contributed by atoms with Crippen molar-refractivity contribution in [2.24, 2.45) is 0 Å². The second kappa shape index (κ2) is 7.31. The molecule has 0 aliphatic rings. The van der Waals surface area contributed by atoms with Gasteiger partial charge in [-0.2, -0.15) is 0 Å². The molecule has 1 heterocycles. The van der Waals surface area contributed by atoms with E-state index in [-0.39, 0.29) is 22.6 Å². The number of benzene rings is 2. The zero-order chi connectivity index (χ0) is 20.4. The molecule has 0 radical (unpaired) electrons. The van der Waals surface area contributed by atoms with Crippen molar-refractivity contribution < 1.29 is 14.6 Å². The Labute approximate surface area is 159 Å². The monoisotopic (exact) mass is 378 g/mol. The van der Waals surface area contributed by atoms with Crippen LogP contribution in [0.5, 0.6) is 0 Å². The Bertz CT molecular complexity index is 1110. The first-order valence-electron chi connectivity index (χ1n) is 8.17. The Hall–Kier alpha value is -4.01. The van der Waals surface area contributed by atoms with Gasteiger partial charge in [-0.25, -0.2) is 9.97 Å². The molecule has 0 aliphatic carbocycles. The Morgan fingerprint density at radius 1 is 0.964 bits per heavy atom. The van der Waals surface area contributed by atoms with Gasteiger partial charge in [0, 0.05) is 11.6 Å². The van der Waals surface area contributed by atoms with E-state index >= 15 is 0 Å². The third-order valence-electron chi connectivity index (χ3n) is 4.12. The molecule has 2 aromatic carbocycles. The smallest absolute Gasteiger partial charge is 0.285 e. The van der Waals surface area contributed by atoms with Gasteiger partial charge in [-0.3, -0.25) is 25.0 Å². The summed E-state index contributed by atoms with van der Waals surface area (Å²) < 4.78 is 0. The van der Waals surface area contributed by atoms with Crippen molar-refractivity contribution in [1.29, 1.82) is 0 Å². The minimum absolute atomic E-state index is 0.0171. The fourth-order valence-corrected chi connectivity index (χ4v) is 2.89. The number of aromatic nitrogens is 2. The van der Waals surface area contributed by atoms with E-state index < -0.39 is 21.2 Å². The third kappa shape index (κ3) is 3.45. The summed E-state index contributed by atoms with van der Waals surface area (Å²) in [4.78, 5) is 42.1. The lowest BCUT2D eigenvalue weighted by molar-refractivity contribution is -0.393. The molecule has 0 spiro atoms. The largest absolute Gasteiger partial charge is 0.294 e. The summed E-state index contributed by atoms with van der Waals surface area (Å²) in [7, 11) is 0. The molecule has 0 aliphatic heterocycles. The van der Waals surface area contributed by atoms with Crippen molar-refractivity contribution in [2.75, 3.05) is 0 Å². The zero-order valence-corrected chi connectivity index (χ0v) is 14.9. The Balaban J connectivity index is 2.34. The minimum Gasteiger partial charge on any atom is -0.294 e. The lowest BCUT2D eigenvalue weighted by Crippen LogP contribution is -2.08. The molecular formula is C19H14N4O5. The first kappa shape index (κ1) is 18.8. The van der Waals surface area contributed by atoms with Gasteiger partial charge in [-0.15, -0.1) is 0 Å². The van der Waals surface area contributed by atoms with Gasteiger partial charge < -0.3 is 0 Å². The van der Waals surface area contributed by atoms with E-state index in [4.69, 9.17) is 0 Å². The van der Waals surface area contributed by atoms with Gasteiger partial charge in [0.25, 0.3) is 11.4 Å². The molecule has 28 heavy (non-hydrogen) atoms. The lowest BCUT2D eigenvalue weighted by atomic mass is 9.99. The van der Waals surface area contributed by atoms with Gasteiger partial charge in [-0.1, -0.05) is 30.3 Å². The number of nitro benzene ring substituents is 2. The van der Waals surface area contributed by atoms with Gasteiger partial charge in [0.1, 0.15) is 0 Å². The standard InChI is InChI=1S/C19H14N4O5/c1-11-17(12(2)24)18(21-19(20-11)13-6-4-3-5-7-13)15-9-8-14(22(25)26)10-16(15)23(27)28/h3-10H,1-2H3. The Morgan fingerprint density at radius 2 is 1.64 bits per heavy atom. The zero-order valence-electron chi connectivity index (χ0n) is 14.9. The fraction of sp³-hybridized carbons (Fsp3) is 0.105. The summed E-state index contributed by atoms with van der Waals surface area (Å²) in [6.07, 6.45) is 0. The highest BCUT2D eigenvalue weighted by Crippen LogP contribution is 2.35. The second-order valence-electron chi connectivity index (χ2n) is 5.99. The van der Waals surface area contributed by atoms with Gasteiger partial charge in [0.05, 0.1) is 38.4 Å². The van der Waals surface area contributed by atoms with Crippen molar-refractivity contribution in [3.05, 3.63) is 80.0 Å². The van der Waals surface area contributed by atoms with Gasteiger partial charge in [0.2, 0.25) is 0 Å². The van der Waals surface area contributed by atoms with E-state index in [0.29, 0.717) is 17.1 Å². The fourth-order valence-electron chi connectivity index (χ4n) is 2.89. The van der Waals surface area contributed by atoms with Crippen LogP contribution in [0.15, 0.2) is 48.5 Å². The Kier molecular flexibility index (Phi) is 4.90. The predicted molar refractivity (Wildman–Crippen MR) is 101 cm³/mol. The number of Topliss-reactive ketones (excluding diaryl/α,β-unsaturated/α-hetero) is 1. The number of ketones is 1. The van der Waals surface area contributed by atoms with Crippen LogP contribution < -0.4 is 0 Å². The summed E-state index contributed by atoms with van der Waals surface area (Å²) >= 11 is 0. The van der Waals surface area contributed by atoms with E-state index in [1.54, 1.807) is 31.2 Å². The van der Waals surface area contributed by atoms with Crippen LogP contribution in [0.4, 0.5) is 11.4 Å². The van der Waals surface area contributed by atoms with Crippen LogP contribution in [0.3, 0.4) is 0 Å². The first-order valence-corrected chi connectivity index (χ1v) is 8.17. The van der Waals surface area contributed by atoms with Crippen LogP contribution in [0.1, 0.15) is 23.0 Å². The van der Waals surface area contributed by atoms with Crippen molar-refractivity contribution in [1.82, 2.24) is 9.97 Å². The molecule has 0 bridgehead atoms. The third-order valence-corrected chi connectivity index (χ3v) is 4.12. The average Bonchev–Trinajstić information content (AvgIpc) is 2.67. The molecule has 9 heteroatoms. The molecule has 3 rings (SSSR count). The van der Waals surface area contributed by atoms with Crippen LogP contribution in [0, 0.1) is 27.2 Å². The normalized spacial score (nSPS) is 10.5. The van der Waals surface area contributed by atoms with Crippen molar-refractivity contribution >= 4 is 17.2 Å². The average molecular weight is 378 g/mol. The van der Waals surface area contributed by atoms with Crippen LogP contribution in [0.25, 0.3) is 22.6 Å². The predicted octanol–water partition coefficient (Wildman–Crippen LogP) is 4.14. The van der Waals surface area contributed by atoms with Gasteiger partial charge in [-0.05, 0) is 19.9 Å². The molecule has 1 aromatic heterocycles. The number of hydrogen-bond donors (Lipinski definition) is 0. The first-order chi connectivity index (χ1) is 13.3. The molecular weight excluding hydrogens is 364 g/mol. The van der Waals surface area contributed by atoms with Crippen LogP contribution >= 0.6 is 0 Å². The highest BCUT2D eigenvalue weighted by Gasteiger charge is 2.26. The number of nitro groups is 2.